The lowest BCUT2D eigenvalue weighted by Gasteiger charge is -2.34. The third-order valence-electron chi connectivity index (χ3n) is 5.47. The van der Waals surface area contributed by atoms with Crippen LogP contribution in [-0.4, -0.2) is 57.2 Å². The molecule has 1 fully saturated rings. The Hall–Kier alpha value is -2.03. The number of aliphatic hydroxyl groups is 1. The Morgan fingerprint density at radius 1 is 1.33 bits per heavy atom. The molecule has 0 aliphatic carbocycles. The van der Waals surface area contributed by atoms with Gasteiger partial charge in [0.1, 0.15) is 29.6 Å². The van der Waals surface area contributed by atoms with Crippen LogP contribution in [0.2, 0.25) is 0 Å². The van der Waals surface area contributed by atoms with E-state index in [2.05, 4.69) is 19.7 Å². The van der Waals surface area contributed by atoms with E-state index in [0.29, 0.717) is 43.9 Å². The first-order valence-electron chi connectivity index (χ1n) is 9.33. The van der Waals surface area contributed by atoms with E-state index < -0.39 is 0 Å². The van der Waals surface area contributed by atoms with Gasteiger partial charge in [-0.1, -0.05) is 6.07 Å². The molecule has 1 aromatic heterocycles. The number of rotatable bonds is 6. The van der Waals surface area contributed by atoms with Gasteiger partial charge in [0.2, 0.25) is 0 Å². The number of fused-ring (bicyclic) bond motifs is 1. The molecular formula is C19H25FN4O3. The van der Waals surface area contributed by atoms with Gasteiger partial charge < -0.3 is 19.1 Å². The molecular weight excluding hydrogens is 351 g/mol. The van der Waals surface area contributed by atoms with Gasteiger partial charge in [-0.3, -0.25) is 4.90 Å². The number of likely N-dealkylation sites (tertiary alicyclic amines) is 1. The lowest BCUT2D eigenvalue weighted by atomic mass is 10.0. The van der Waals surface area contributed by atoms with Crippen molar-refractivity contribution in [1.82, 2.24) is 19.7 Å². The van der Waals surface area contributed by atoms with Gasteiger partial charge in [0.05, 0.1) is 13.7 Å². The minimum Gasteiger partial charge on any atom is -0.497 e. The lowest BCUT2D eigenvalue weighted by Crippen LogP contribution is -2.44. The Morgan fingerprint density at radius 3 is 3.00 bits per heavy atom. The summed E-state index contributed by atoms with van der Waals surface area (Å²) in [5.41, 5.74) is 0.379. The molecule has 4 rings (SSSR count). The van der Waals surface area contributed by atoms with Gasteiger partial charge in [0, 0.05) is 44.3 Å². The fourth-order valence-electron chi connectivity index (χ4n) is 3.97. The third kappa shape index (κ3) is 3.69. The van der Waals surface area contributed by atoms with Crippen molar-refractivity contribution in [3.63, 3.8) is 0 Å². The Kier molecular flexibility index (Phi) is 5.12. The average Bonchev–Trinajstić information content (AvgIpc) is 3.25. The zero-order chi connectivity index (χ0) is 18.9. The Morgan fingerprint density at radius 2 is 2.22 bits per heavy atom. The summed E-state index contributed by atoms with van der Waals surface area (Å²) in [5.74, 6) is 2.03. The van der Waals surface area contributed by atoms with Crippen molar-refractivity contribution in [2.24, 2.45) is 0 Å². The number of halogens is 1. The van der Waals surface area contributed by atoms with E-state index >= 15 is 0 Å². The van der Waals surface area contributed by atoms with Crippen LogP contribution < -0.4 is 4.74 Å². The molecule has 1 unspecified atom stereocenters. The first-order valence-corrected chi connectivity index (χ1v) is 9.33. The van der Waals surface area contributed by atoms with Crippen LogP contribution in [0.3, 0.4) is 0 Å². The van der Waals surface area contributed by atoms with Crippen LogP contribution >= 0.6 is 0 Å². The van der Waals surface area contributed by atoms with Crippen LogP contribution in [0.4, 0.5) is 4.39 Å². The van der Waals surface area contributed by atoms with Gasteiger partial charge in [-0.2, -0.15) is 0 Å². The summed E-state index contributed by atoms with van der Waals surface area (Å²) in [6, 6.07) is 5.00. The molecule has 1 aromatic carbocycles. The van der Waals surface area contributed by atoms with Crippen LogP contribution in [0.5, 0.6) is 5.75 Å². The number of hydrogen-bond donors (Lipinski definition) is 1. The van der Waals surface area contributed by atoms with Crippen LogP contribution in [0, 0.1) is 5.82 Å². The number of ether oxygens (including phenoxy) is 2. The second-order valence-electron chi connectivity index (χ2n) is 7.34. The predicted molar refractivity (Wildman–Crippen MR) is 95.8 cm³/mol. The van der Waals surface area contributed by atoms with E-state index in [1.807, 2.05) is 0 Å². The number of aromatic nitrogens is 3. The molecule has 1 spiro atoms. The minimum absolute atomic E-state index is 0.144. The van der Waals surface area contributed by atoms with Crippen LogP contribution in [-0.2, 0) is 30.9 Å². The van der Waals surface area contributed by atoms with Gasteiger partial charge in [0.25, 0.3) is 0 Å². The van der Waals surface area contributed by atoms with E-state index in [0.717, 1.165) is 31.2 Å². The third-order valence-corrected chi connectivity index (χ3v) is 5.47. The molecule has 2 aliphatic rings. The smallest absolute Gasteiger partial charge is 0.159 e. The minimum atomic E-state index is -0.285. The molecule has 1 atom stereocenters. The molecule has 1 saturated heterocycles. The number of hydrogen-bond acceptors (Lipinski definition) is 6. The number of aryl methyl sites for hydroxylation is 1. The standard InChI is InChI=1S/C19H25FN4O3/c1-26-15-5-4-14(16(20)9-15)10-23-7-6-19(12-23)13-24-17(3-2-8-25)21-22-18(24)11-27-19/h4-5,9,25H,2-3,6-8,10-13H2,1H3. The largest absolute Gasteiger partial charge is 0.497 e. The summed E-state index contributed by atoms with van der Waals surface area (Å²) < 4.78 is 27.7. The van der Waals surface area contributed by atoms with Gasteiger partial charge in [-0.15, -0.1) is 10.2 Å². The summed E-state index contributed by atoms with van der Waals surface area (Å²) in [7, 11) is 1.53. The summed E-state index contributed by atoms with van der Waals surface area (Å²) in [6.07, 6.45) is 2.27. The lowest BCUT2D eigenvalue weighted by molar-refractivity contribution is -0.0832. The highest BCUT2D eigenvalue weighted by Gasteiger charge is 2.43. The van der Waals surface area contributed by atoms with Gasteiger partial charge in [-0.05, 0) is 18.9 Å². The topological polar surface area (TPSA) is 72.6 Å². The summed E-state index contributed by atoms with van der Waals surface area (Å²) >= 11 is 0. The Bertz CT molecular complexity index is 812. The number of benzene rings is 1. The van der Waals surface area contributed by atoms with Gasteiger partial charge in [-0.25, -0.2) is 4.39 Å². The summed E-state index contributed by atoms with van der Waals surface area (Å²) in [5, 5.41) is 17.5. The average molecular weight is 376 g/mol. The number of nitrogens with zero attached hydrogens (tertiary/aromatic N) is 4. The van der Waals surface area contributed by atoms with E-state index in [1.54, 1.807) is 12.1 Å². The van der Waals surface area contributed by atoms with Crippen LogP contribution in [0.25, 0.3) is 0 Å². The zero-order valence-electron chi connectivity index (χ0n) is 15.5. The van der Waals surface area contributed by atoms with Gasteiger partial charge >= 0.3 is 0 Å². The van der Waals surface area contributed by atoms with Crippen molar-refractivity contribution in [2.45, 2.75) is 44.6 Å². The highest BCUT2D eigenvalue weighted by atomic mass is 19.1. The fourth-order valence-corrected chi connectivity index (χ4v) is 3.97. The molecule has 0 radical (unpaired) electrons. The first kappa shape index (κ1) is 18.3. The molecule has 2 aromatic rings. The fraction of sp³-hybridized carbons (Fsp3) is 0.579. The molecule has 1 N–H and O–H groups in total. The van der Waals surface area contributed by atoms with Crippen molar-refractivity contribution < 1.29 is 19.0 Å². The quantitative estimate of drug-likeness (QED) is 0.824. The van der Waals surface area contributed by atoms with Crippen LogP contribution in [0.1, 0.15) is 30.1 Å². The molecule has 0 saturated carbocycles. The molecule has 146 valence electrons. The van der Waals surface area contributed by atoms with E-state index in [-0.39, 0.29) is 18.0 Å². The molecule has 3 heterocycles. The van der Waals surface area contributed by atoms with E-state index in [9.17, 15) is 4.39 Å². The molecule has 0 bridgehead atoms. The highest BCUT2D eigenvalue weighted by Crippen LogP contribution is 2.33. The second kappa shape index (κ2) is 7.53. The molecule has 0 amide bonds. The van der Waals surface area contributed by atoms with Crippen molar-refractivity contribution in [3.05, 3.63) is 41.2 Å². The van der Waals surface area contributed by atoms with Crippen molar-refractivity contribution in [1.29, 1.82) is 0 Å². The summed E-state index contributed by atoms with van der Waals surface area (Å²) in [4.78, 5) is 2.23. The normalized spacial score (nSPS) is 22.3. The SMILES string of the molecule is COc1ccc(CN2CCC3(C2)Cn2c(CCCO)nnc2CO3)c(F)c1. The second-order valence-corrected chi connectivity index (χ2v) is 7.34. The van der Waals surface area contributed by atoms with Crippen molar-refractivity contribution in [2.75, 3.05) is 26.8 Å². The van der Waals surface area contributed by atoms with Gasteiger partial charge in [0.15, 0.2) is 5.82 Å². The molecule has 2 aliphatic heterocycles. The highest BCUT2D eigenvalue weighted by molar-refractivity contribution is 5.29. The zero-order valence-corrected chi connectivity index (χ0v) is 15.5. The Balaban J connectivity index is 1.44. The molecule has 27 heavy (non-hydrogen) atoms. The molecule has 8 heteroatoms. The molecule has 7 nitrogen and oxygen atoms in total. The maximum absolute atomic E-state index is 14.3. The first-order chi connectivity index (χ1) is 13.1. The monoisotopic (exact) mass is 376 g/mol. The van der Waals surface area contributed by atoms with E-state index in [1.165, 1.54) is 13.2 Å². The van der Waals surface area contributed by atoms with E-state index in [4.69, 9.17) is 14.6 Å². The van der Waals surface area contributed by atoms with Crippen LogP contribution in [0.15, 0.2) is 18.2 Å². The number of methoxy groups -OCH3 is 1. The summed E-state index contributed by atoms with van der Waals surface area (Å²) in [6.45, 7) is 3.44. The Labute approximate surface area is 157 Å². The maximum Gasteiger partial charge on any atom is 0.159 e. The maximum atomic E-state index is 14.3. The number of aliphatic hydroxyl groups excluding tert-OH is 1. The van der Waals surface area contributed by atoms with Crippen molar-refractivity contribution in [3.8, 4) is 5.75 Å². The predicted octanol–water partition coefficient (Wildman–Crippen LogP) is 1.53. The van der Waals surface area contributed by atoms with Crippen molar-refractivity contribution >= 4 is 0 Å².